The quantitative estimate of drug-likeness (QED) is 0.796. The van der Waals surface area contributed by atoms with Crippen LogP contribution in [0.15, 0.2) is 23.1 Å². The Morgan fingerprint density at radius 1 is 1.29 bits per heavy atom. The van der Waals surface area contributed by atoms with Crippen LogP contribution in [-0.2, 0) is 23.0 Å². The van der Waals surface area contributed by atoms with Crippen molar-refractivity contribution >= 4 is 10.0 Å². The van der Waals surface area contributed by atoms with Gasteiger partial charge < -0.3 is 10.6 Å². The van der Waals surface area contributed by atoms with Gasteiger partial charge in [-0.05, 0) is 51.6 Å². The lowest BCUT2D eigenvalue weighted by molar-refractivity contribution is 0.199. The number of hydrogen-bond donors (Lipinski definition) is 2. The molecule has 5 nitrogen and oxygen atoms in total. The smallest absolute Gasteiger partial charge is 0.240 e. The van der Waals surface area contributed by atoms with Crippen molar-refractivity contribution in [3.63, 3.8) is 0 Å². The van der Waals surface area contributed by atoms with Crippen molar-refractivity contribution in [2.24, 2.45) is 5.73 Å². The van der Waals surface area contributed by atoms with E-state index in [9.17, 15) is 8.42 Å². The highest BCUT2D eigenvalue weighted by atomic mass is 32.2. The lowest BCUT2D eigenvalue weighted by atomic mass is 10.1. The predicted molar refractivity (Wildman–Crippen MR) is 86.7 cm³/mol. The minimum absolute atomic E-state index is 0.259. The average molecular weight is 313 g/mol. The first-order valence-corrected chi connectivity index (χ1v) is 8.61. The van der Waals surface area contributed by atoms with E-state index < -0.39 is 10.0 Å². The summed E-state index contributed by atoms with van der Waals surface area (Å²) in [6.45, 7) is 6.60. The standard InChI is InChI=1S/C15H27N3O2S/c1-6-13-8-7-12(10-16)9-14(13)21(19,20)17-11-15(2,3)18(4)5/h7-9,17H,6,10-11,16H2,1-5H3. The molecule has 0 radical (unpaired) electrons. The van der Waals surface area contributed by atoms with Crippen LogP contribution in [0.1, 0.15) is 31.9 Å². The number of rotatable bonds is 7. The molecule has 0 saturated heterocycles. The molecule has 0 unspecified atom stereocenters. The van der Waals surface area contributed by atoms with E-state index >= 15 is 0 Å². The highest BCUT2D eigenvalue weighted by Gasteiger charge is 2.25. The van der Waals surface area contributed by atoms with Crippen molar-refractivity contribution in [3.8, 4) is 0 Å². The lowest BCUT2D eigenvalue weighted by Gasteiger charge is -2.32. The summed E-state index contributed by atoms with van der Waals surface area (Å²) in [5, 5.41) is 0. The molecule has 0 heterocycles. The highest BCUT2D eigenvalue weighted by Crippen LogP contribution is 2.19. The van der Waals surface area contributed by atoms with Crippen LogP contribution in [0.2, 0.25) is 0 Å². The Balaban J connectivity index is 3.08. The van der Waals surface area contributed by atoms with Gasteiger partial charge in [-0.2, -0.15) is 0 Å². The van der Waals surface area contributed by atoms with Gasteiger partial charge in [0.15, 0.2) is 0 Å². The molecule has 0 amide bonds. The molecule has 0 atom stereocenters. The second-order valence-electron chi connectivity index (χ2n) is 6.03. The zero-order valence-corrected chi connectivity index (χ0v) is 14.4. The number of likely N-dealkylation sites (N-methyl/N-ethyl adjacent to an activating group) is 1. The van der Waals surface area contributed by atoms with Gasteiger partial charge >= 0.3 is 0 Å². The largest absolute Gasteiger partial charge is 0.326 e. The summed E-state index contributed by atoms with van der Waals surface area (Å²) in [7, 11) is 0.328. The molecule has 0 aliphatic heterocycles. The van der Waals surface area contributed by atoms with Gasteiger partial charge in [0.2, 0.25) is 10.0 Å². The second-order valence-corrected chi connectivity index (χ2v) is 7.77. The van der Waals surface area contributed by atoms with Gasteiger partial charge in [0.25, 0.3) is 0 Å². The monoisotopic (exact) mass is 313 g/mol. The van der Waals surface area contributed by atoms with Crippen LogP contribution < -0.4 is 10.5 Å². The average Bonchev–Trinajstić information content (AvgIpc) is 2.44. The number of sulfonamides is 1. The molecule has 1 aromatic carbocycles. The summed E-state index contributed by atoms with van der Waals surface area (Å²) in [5.74, 6) is 0. The van der Waals surface area contributed by atoms with Gasteiger partial charge in [0, 0.05) is 18.6 Å². The van der Waals surface area contributed by atoms with Crippen LogP contribution in [0.3, 0.4) is 0 Å². The number of hydrogen-bond acceptors (Lipinski definition) is 4. The van der Waals surface area contributed by atoms with Crippen molar-refractivity contribution in [3.05, 3.63) is 29.3 Å². The first kappa shape index (κ1) is 18.1. The van der Waals surface area contributed by atoms with Crippen molar-refractivity contribution in [1.82, 2.24) is 9.62 Å². The van der Waals surface area contributed by atoms with E-state index in [0.29, 0.717) is 24.4 Å². The van der Waals surface area contributed by atoms with Crippen LogP contribution in [0, 0.1) is 0 Å². The third kappa shape index (κ3) is 4.51. The highest BCUT2D eigenvalue weighted by molar-refractivity contribution is 7.89. The van der Waals surface area contributed by atoms with Gasteiger partial charge in [-0.15, -0.1) is 0 Å². The SMILES string of the molecule is CCc1ccc(CN)cc1S(=O)(=O)NCC(C)(C)N(C)C. The van der Waals surface area contributed by atoms with Gasteiger partial charge in [0.1, 0.15) is 0 Å². The van der Waals surface area contributed by atoms with Crippen LogP contribution in [0.25, 0.3) is 0 Å². The van der Waals surface area contributed by atoms with Crippen molar-refractivity contribution in [2.45, 2.75) is 44.2 Å². The maximum atomic E-state index is 12.6. The van der Waals surface area contributed by atoms with E-state index in [1.807, 2.05) is 51.9 Å². The Labute approximate surface area is 128 Å². The Hall–Kier alpha value is -0.950. The summed E-state index contributed by atoms with van der Waals surface area (Å²) in [4.78, 5) is 2.33. The Morgan fingerprint density at radius 2 is 1.90 bits per heavy atom. The molecule has 0 aliphatic rings. The van der Waals surface area contributed by atoms with Crippen LogP contribution in [0.4, 0.5) is 0 Å². The Bertz CT molecular complexity index is 581. The molecule has 0 spiro atoms. The molecule has 0 aromatic heterocycles. The van der Waals surface area contributed by atoms with Crippen molar-refractivity contribution in [1.29, 1.82) is 0 Å². The fraction of sp³-hybridized carbons (Fsp3) is 0.600. The van der Waals surface area contributed by atoms with Gasteiger partial charge in [-0.1, -0.05) is 19.1 Å². The van der Waals surface area contributed by atoms with Crippen LogP contribution in [0.5, 0.6) is 0 Å². The predicted octanol–water partition coefficient (Wildman–Crippen LogP) is 1.33. The maximum Gasteiger partial charge on any atom is 0.240 e. The number of nitrogens with zero attached hydrogens (tertiary/aromatic N) is 1. The first-order chi connectivity index (χ1) is 9.64. The number of nitrogens with two attached hydrogens (primary N) is 1. The zero-order chi connectivity index (χ0) is 16.3. The van der Waals surface area contributed by atoms with E-state index in [0.717, 1.165) is 11.1 Å². The topological polar surface area (TPSA) is 75.4 Å². The molecule has 21 heavy (non-hydrogen) atoms. The summed E-state index contributed by atoms with van der Waals surface area (Å²) in [5.41, 5.74) is 6.98. The molecule has 120 valence electrons. The minimum atomic E-state index is -3.53. The molecule has 0 saturated carbocycles. The van der Waals surface area contributed by atoms with Crippen molar-refractivity contribution < 1.29 is 8.42 Å². The molecule has 3 N–H and O–H groups in total. The summed E-state index contributed by atoms with van der Waals surface area (Å²) in [6, 6.07) is 5.39. The molecule has 6 heteroatoms. The lowest BCUT2D eigenvalue weighted by Crippen LogP contribution is -2.48. The third-order valence-electron chi connectivity index (χ3n) is 3.94. The summed E-state index contributed by atoms with van der Waals surface area (Å²) in [6.07, 6.45) is 0.665. The molecule has 1 rings (SSSR count). The Kier molecular flexibility index (Phi) is 5.92. The van der Waals surface area contributed by atoms with Crippen molar-refractivity contribution in [2.75, 3.05) is 20.6 Å². The normalized spacial score (nSPS) is 12.9. The molecule has 0 bridgehead atoms. The summed E-state index contributed by atoms with van der Waals surface area (Å²) < 4.78 is 27.9. The van der Waals surface area contributed by atoms with E-state index in [4.69, 9.17) is 5.73 Å². The zero-order valence-electron chi connectivity index (χ0n) is 13.6. The molecular formula is C15H27N3O2S. The molecule has 0 fully saturated rings. The Morgan fingerprint density at radius 3 is 2.38 bits per heavy atom. The number of benzene rings is 1. The minimum Gasteiger partial charge on any atom is -0.326 e. The third-order valence-corrected chi connectivity index (χ3v) is 5.43. The van der Waals surface area contributed by atoms with E-state index in [2.05, 4.69) is 4.72 Å². The first-order valence-electron chi connectivity index (χ1n) is 7.13. The van der Waals surface area contributed by atoms with E-state index in [-0.39, 0.29) is 5.54 Å². The number of nitrogens with one attached hydrogen (secondary N) is 1. The molecule has 0 aliphatic carbocycles. The van der Waals surface area contributed by atoms with E-state index in [1.54, 1.807) is 6.07 Å². The fourth-order valence-electron chi connectivity index (χ4n) is 1.78. The number of aryl methyl sites for hydroxylation is 1. The second kappa shape index (κ2) is 6.87. The fourth-order valence-corrected chi connectivity index (χ4v) is 3.34. The molecular weight excluding hydrogens is 286 g/mol. The van der Waals surface area contributed by atoms with Gasteiger partial charge in [-0.3, -0.25) is 0 Å². The van der Waals surface area contributed by atoms with Gasteiger partial charge in [0.05, 0.1) is 4.90 Å². The van der Waals surface area contributed by atoms with Crippen LogP contribution >= 0.6 is 0 Å². The molecule has 1 aromatic rings. The van der Waals surface area contributed by atoms with Crippen LogP contribution in [-0.4, -0.2) is 39.5 Å². The summed E-state index contributed by atoms with van der Waals surface area (Å²) >= 11 is 0. The van der Waals surface area contributed by atoms with E-state index in [1.165, 1.54) is 0 Å². The maximum absolute atomic E-state index is 12.6. The van der Waals surface area contributed by atoms with Gasteiger partial charge in [-0.25, -0.2) is 13.1 Å².